The third-order valence-electron chi connectivity index (χ3n) is 4.80. The van der Waals surface area contributed by atoms with E-state index >= 15 is 0 Å². The molecule has 0 saturated carbocycles. The largest absolute Gasteiger partial charge is 0.391 e. The van der Waals surface area contributed by atoms with Crippen molar-refractivity contribution in [2.45, 2.75) is 66.4 Å². The third-order valence-corrected chi connectivity index (χ3v) is 4.80. The number of hydrogen-bond acceptors (Lipinski definition) is 3. The summed E-state index contributed by atoms with van der Waals surface area (Å²) in [7, 11) is 0. The van der Waals surface area contributed by atoms with Crippen molar-refractivity contribution in [3.05, 3.63) is 0 Å². The Bertz CT molecular complexity index is 400. The molecule has 0 radical (unpaired) electrons. The first-order valence-electron chi connectivity index (χ1n) is 8.95. The van der Waals surface area contributed by atoms with Crippen molar-refractivity contribution < 1.29 is 14.7 Å². The number of hydrogen-bond donors (Lipinski definition) is 2. The molecule has 0 aromatic rings. The van der Waals surface area contributed by atoms with E-state index in [0.717, 1.165) is 32.2 Å². The Hall–Kier alpha value is -1.10. The van der Waals surface area contributed by atoms with E-state index in [9.17, 15) is 14.7 Å². The highest BCUT2D eigenvalue weighted by Crippen LogP contribution is 2.23. The molecule has 0 aromatic heterocycles. The first-order valence-corrected chi connectivity index (χ1v) is 8.95. The van der Waals surface area contributed by atoms with Crippen molar-refractivity contribution in [2.24, 2.45) is 17.3 Å². The van der Waals surface area contributed by atoms with Crippen LogP contribution < -0.4 is 5.32 Å². The SMILES string of the molecule is CCC(CC)C(O)CNC(=O)C1CCCN(C(=O)C(C)(C)C)C1. The average molecular weight is 326 g/mol. The highest BCUT2D eigenvalue weighted by molar-refractivity contribution is 5.83. The van der Waals surface area contributed by atoms with Crippen molar-refractivity contribution in [3.8, 4) is 0 Å². The lowest BCUT2D eigenvalue weighted by Crippen LogP contribution is -2.49. The lowest BCUT2D eigenvalue weighted by Gasteiger charge is -2.36. The van der Waals surface area contributed by atoms with E-state index in [-0.39, 0.29) is 23.7 Å². The van der Waals surface area contributed by atoms with Gasteiger partial charge in [-0.2, -0.15) is 0 Å². The number of likely N-dealkylation sites (tertiary alicyclic amines) is 1. The van der Waals surface area contributed by atoms with Crippen LogP contribution in [0.1, 0.15) is 60.3 Å². The lowest BCUT2D eigenvalue weighted by molar-refractivity contribution is -0.142. The van der Waals surface area contributed by atoms with Gasteiger partial charge in [-0.05, 0) is 18.8 Å². The molecule has 2 N–H and O–H groups in total. The van der Waals surface area contributed by atoms with Gasteiger partial charge >= 0.3 is 0 Å². The molecule has 1 rings (SSSR count). The lowest BCUT2D eigenvalue weighted by atomic mass is 9.90. The second-order valence-electron chi connectivity index (χ2n) is 7.73. The minimum Gasteiger partial charge on any atom is -0.391 e. The summed E-state index contributed by atoms with van der Waals surface area (Å²) in [6.07, 6.45) is 2.98. The van der Waals surface area contributed by atoms with E-state index in [2.05, 4.69) is 19.2 Å². The highest BCUT2D eigenvalue weighted by Gasteiger charge is 2.33. The van der Waals surface area contributed by atoms with Gasteiger partial charge in [0.1, 0.15) is 0 Å². The van der Waals surface area contributed by atoms with Crippen LogP contribution >= 0.6 is 0 Å². The molecule has 5 heteroatoms. The molecular weight excluding hydrogens is 292 g/mol. The number of amides is 2. The van der Waals surface area contributed by atoms with Crippen LogP contribution in [0.15, 0.2) is 0 Å². The quantitative estimate of drug-likeness (QED) is 0.786. The first-order chi connectivity index (χ1) is 10.7. The molecule has 1 heterocycles. The fourth-order valence-corrected chi connectivity index (χ4v) is 3.20. The Morgan fingerprint density at radius 1 is 1.26 bits per heavy atom. The monoisotopic (exact) mass is 326 g/mol. The van der Waals surface area contributed by atoms with Crippen molar-refractivity contribution in [2.75, 3.05) is 19.6 Å². The van der Waals surface area contributed by atoms with Crippen molar-refractivity contribution in [3.63, 3.8) is 0 Å². The molecule has 2 amide bonds. The van der Waals surface area contributed by atoms with Crippen LogP contribution in [0.3, 0.4) is 0 Å². The fourth-order valence-electron chi connectivity index (χ4n) is 3.20. The number of carbonyl (C=O) groups excluding carboxylic acids is 2. The number of aliphatic hydroxyl groups excluding tert-OH is 1. The predicted octanol–water partition coefficient (Wildman–Crippen LogP) is 2.18. The topological polar surface area (TPSA) is 69.6 Å². The normalized spacial score (nSPS) is 20.5. The van der Waals surface area contributed by atoms with E-state index < -0.39 is 11.5 Å². The molecule has 134 valence electrons. The van der Waals surface area contributed by atoms with Crippen molar-refractivity contribution in [1.82, 2.24) is 10.2 Å². The van der Waals surface area contributed by atoms with Crippen LogP contribution in [0.2, 0.25) is 0 Å². The maximum Gasteiger partial charge on any atom is 0.227 e. The number of carbonyl (C=O) groups is 2. The summed E-state index contributed by atoms with van der Waals surface area (Å²) in [5.74, 6) is 0.123. The minimum atomic E-state index is -0.496. The summed E-state index contributed by atoms with van der Waals surface area (Å²) >= 11 is 0. The number of nitrogens with one attached hydrogen (secondary N) is 1. The Balaban J connectivity index is 2.52. The van der Waals surface area contributed by atoms with Gasteiger partial charge in [-0.1, -0.05) is 47.5 Å². The van der Waals surface area contributed by atoms with Gasteiger partial charge in [0.25, 0.3) is 0 Å². The minimum absolute atomic E-state index is 0.0404. The standard InChI is InChI=1S/C18H34N2O3/c1-6-13(7-2)15(21)11-19-16(22)14-9-8-10-20(12-14)17(23)18(3,4)5/h13-15,21H,6-12H2,1-5H3,(H,19,22). The van der Waals surface area contributed by atoms with E-state index in [1.165, 1.54) is 0 Å². The summed E-state index contributed by atoms with van der Waals surface area (Å²) in [5.41, 5.74) is -0.413. The van der Waals surface area contributed by atoms with Gasteiger partial charge in [0, 0.05) is 25.0 Å². The summed E-state index contributed by atoms with van der Waals surface area (Å²) in [5, 5.41) is 13.0. The number of aliphatic hydroxyl groups is 1. The highest BCUT2D eigenvalue weighted by atomic mass is 16.3. The van der Waals surface area contributed by atoms with E-state index in [1.54, 1.807) is 0 Å². The van der Waals surface area contributed by atoms with E-state index in [0.29, 0.717) is 13.1 Å². The van der Waals surface area contributed by atoms with Crippen LogP contribution in [0.5, 0.6) is 0 Å². The second-order valence-corrected chi connectivity index (χ2v) is 7.73. The van der Waals surface area contributed by atoms with Gasteiger partial charge in [0.05, 0.1) is 12.0 Å². The zero-order valence-electron chi connectivity index (χ0n) is 15.4. The summed E-state index contributed by atoms with van der Waals surface area (Å²) in [6.45, 7) is 11.3. The molecule has 5 nitrogen and oxygen atoms in total. The van der Waals surface area contributed by atoms with Gasteiger partial charge in [0.15, 0.2) is 0 Å². The maximum atomic E-state index is 12.4. The summed E-state index contributed by atoms with van der Waals surface area (Å²) in [6, 6.07) is 0. The molecule has 1 fully saturated rings. The van der Waals surface area contributed by atoms with Crippen LogP contribution in [0, 0.1) is 17.3 Å². The molecular formula is C18H34N2O3. The smallest absolute Gasteiger partial charge is 0.227 e. The molecule has 23 heavy (non-hydrogen) atoms. The van der Waals surface area contributed by atoms with E-state index in [4.69, 9.17) is 0 Å². The predicted molar refractivity (Wildman–Crippen MR) is 91.8 cm³/mol. The Labute approximate surface area is 140 Å². The fraction of sp³-hybridized carbons (Fsp3) is 0.889. The maximum absolute atomic E-state index is 12.4. The van der Waals surface area contributed by atoms with E-state index in [1.807, 2.05) is 25.7 Å². The molecule has 0 spiro atoms. The van der Waals surface area contributed by atoms with Crippen LogP contribution in [0.25, 0.3) is 0 Å². The number of piperidine rings is 1. The van der Waals surface area contributed by atoms with Crippen LogP contribution in [0.4, 0.5) is 0 Å². The van der Waals surface area contributed by atoms with Crippen molar-refractivity contribution >= 4 is 11.8 Å². The zero-order valence-corrected chi connectivity index (χ0v) is 15.4. The molecule has 0 aliphatic carbocycles. The first kappa shape index (κ1) is 19.9. The summed E-state index contributed by atoms with van der Waals surface area (Å²) < 4.78 is 0. The van der Waals surface area contributed by atoms with Crippen LogP contribution in [-0.4, -0.2) is 47.6 Å². The average Bonchev–Trinajstić information content (AvgIpc) is 2.52. The van der Waals surface area contributed by atoms with Gasteiger partial charge in [0.2, 0.25) is 11.8 Å². The molecule has 1 saturated heterocycles. The Morgan fingerprint density at radius 3 is 2.39 bits per heavy atom. The molecule has 2 atom stereocenters. The van der Waals surface area contributed by atoms with Gasteiger partial charge in [-0.15, -0.1) is 0 Å². The Kier molecular flexibility index (Phi) is 7.52. The van der Waals surface area contributed by atoms with Crippen LogP contribution in [-0.2, 0) is 9.59 Å². The molecule has 0 aromatic carbocycles. The Morgan fingerprint density at radius 2 is 1.87 bits per heavy atom. The molecule has 1 aliphatic rings. The molecule has 0 bridgehead atoms. The second kappa shape index (κ2) is 8.67. The molecule has 2 unspecified atom stereocenters. The number of rotatable bonds is 6. The van der Waals surface area contributed by atoms with Gasteiger partial charge in [-0.3, -0.25) is 9.59 Å². The third kappa shape index (κ3) is 5.79. The van der Waals surface area contributed by atoms with Gasteiger partial charge < -0.3 is 15.3 Å². The van der Waals surface area contributed by atoms with Crippen molar-refractivity contribution in [1.29, 1.82) is 0 Å². The molecule has 1 aliphatic heterocycles. The number of nitrogens with zero attached hydrogens (tertiary/aromatic N) is 1. The zero-order chi connectivity index (χ0) is 17.6. The summed E-state index contributed by atoms with van der Waals surface area (Å²) in [4.78, 5) is 26.5. The van der Waals surface area contributed by atoms with Gasteiger partial charge in [-0.25, -0.2) is 0 Å².